The number of sulfone groups is 1. The van der Waals surface area contributed by atoms with Crippen LogP contribution in [-0.4, -0.2) is 25.7 Å². The molecule has 5 nitrogen and oxygen atoms in total. The summed E-state index contributed by atoms with van der Waals surface area (Å²) in [5, 5.41) is 11.7. The lowest BCUT2D eigenvalue weighted by Crippen LogP contribution is -2.17. The predicted octanol–water partition coefficient (Wildman–Crippen LogP) is 0.669. The molecular formula is C10H11NO4S. The Morgan fingerprint density at radius 2 is 2.12 bits per heavy atom. The van der Waals surface area contributed by atoms with E-state index in [0.29, 0.717) is 0 Å². The zero-order valence-electron chi connectivity index (χ0n) is 8.60. The highest BCUT2D eigenvalue weighted by atomic mass is 32.2. The lowest BCUT2D eigenvalue weighted by atomic mass is 10.2. The van der Waals surface area contributed by atoms with Gasteiger partial charge < -0.3 is 10.4 Å². The second-order valence-electron chi connectivity index (χ2n) is 3.13. The van der Waals surface area contributed by atoms with E-state index in [1.54, 1.807) is 0 Å². The third-order valence-electron chi connectivity index (χ3n) is 1.87. The van der Waals surface area contributed by atoms with Crippen LogP contribution in [0.4, 0.5) is 0 Å². The average molecular weight is 241 g/mol. The molecule has 0 spiro atoms. The highest BCUT2D eigenvalue weighted by Crippen LogP contribution is 2.21. The summed E-state index contributed by atoms with van der Waals surface area (Å²) in [7, 11) is -3.41. The summed E-state index contributed by atoms with van der Waals surface area (Å²) in [4.78, 5) is 11.4. The van der Waals surface area contributed by atoms with Crippen molar-refractivity contribution in [2.75, 3.05) is 6.26 Å². The molecule has 2 N–H and O–H groups in total. The third-order valence-corrected chi connectivity index (χ3v) is 2.98. The molecule has 1 aromatic rings. The van der Waals surface area contributed by atoms with Gasteiger partial charge in [0.05, 0.1) is 10.5 Å². The van der Waals surface area contributed by atoms with Crippen LogP contribution in [0.2, 0.25) is 0 Å². The zero-order chi connectivity index (χ0) is 12.3. The van der Waals surface area contributed by atoms with E-state index >= 15 is 0 Å². The van der Waals surface area contributed by atoms with Gasteiger partial charge in [-0.3, -0.25) is 4.79 Å². The highest BCUT2D eigenvalue weighted by molar-refractivity contribution is 7.90. The monoisotopic (exact) mass is 241 g/mol. The first-order chi connectivity index (χ1) is 7.36. The van der Waals surface area contributed by atoms with Gasteiger partial charge in [0.15, 0.2) is 9.84 Å². The van der Waals surface area contributed by atoms with E-state index in [0.717, 1.165) is 24.6 Å². The summed E-state index contributed by atoms with van der Waals surface area (Å²) < 4.78 is 22.5. The first-order valence-electron chi connectivity index (χ1n) is 4.31. The number of aromatic hydroxyl groups is 1. The lowest BCUT2D eigenvalue weighted by Gasteiger charge is -2.05. The van der Waals surface area contributed by atoms with E-state index in [1.807, 2.05) is 0 Å². The minimum atomic E-state index is -3.41. The number of nitrogens with one attached hydrogen (secondary N) is 1. The number of carbonyl (C=O) groups is 1. The van der Waals surface area contributed by atoms with Crippen molar-refractivity contribution in [2.24, 2.45) is 0 Å². The van der Waals surface area contributed by atoms with Crippen LogP contribution in [0.25, 0.3) is 0 Å². The first kappa shape index (κ1) is 12.3. The van der Waals surface area contributed by atoms with E-state index < -0.39 is 15.7 Å². The van der Waals surface area contributed by atoms with Crippen LogP contribution in [-0.2, 0) is 9.84 Å². The smallest absolute Gasteiger partial charge is 0.258 e. The van der Waals surface area contributed by atoms with Crippen LogP contribution in [0.1, 0.15) is 10.4 Å². The molecule has 0 saturated heterocycles. The van der Waals surface area contributed by atoms with E-state index in [4.69, 9.17) is 0 Å². The van der Waals surface area contributed by atoms with Crippen molar-refractivity contribution in [2.45, 2.75) is 4.90 Å². The Bertz CT molecular complexity index is 534. The topological polar surface area (TPSA) is 83.5 Å². The molecule has 1 aromatic carbocycles. The predicted molar refractivity (Wildman–Crippen MR) is 58.9 cm³/mol. The quantitative estimate of drug-likeness (QED) is 0.814. The molecule has 1 amide bonds. The third kappa shape index (κ3) is 2.60. The largest absolute Gasteiger partial charge is 0.507 e. The fraction of sp³-hybridized carbons (Fsp3) is 0.100. The number of phenols is 1. The second-order valence-corrected chi connectivity index (χ2v) is 5.14. The van der Waals surface area contributed by atoms with Crippen LogP contribution >= 0.6 is 0 Å². The minimum absolute atomic E-state index is 0.0282. The zero-order valence-corrected chi connectivity index (χ0v) is 9.41. The number of benzene rings is 1. The Labute approximate surface area is 93.3 Å². The van der Waals surface area contributed by atoms with Crippen molar-refractivity contribution in [3.63, 3.8) is 0 Å². The molecule has 0 aromatic heterocycles. The van der Waals surface area contributed by atoms with Gasteiger partial charge in [0.1, 0.15) is 5.75 Å². The Hall–Kier alpha value is -1.82. The maximum absolute atomic E-state index is 11.4. The molecule has 0 heterocycles. The molecule has 0 aliphatic heterocycles. The summed E-state index contributed by atoms with van der Waals surface area (Å²) in [6.07, 6.45) is 2.17. The van der Waals surface area contributed by atoms with E-state index in [9.17, 15) is 18.3 Å². The average Bonchev–Trinajstić information content (AvgIpc) is 2.16. The van der Waals surface area contributed by atoms with Crippen LogP contribution < -0.4 is 5.32 Å². The van der Waals surface area contributed by atoms with Crippen molar-refractivity contribution >= 4 is 15.7 Å². The van der Waals surface area contributed by atoms with Crippen LogP contribution in [0, 0.1) is 0 Å². The van der Waals surface area contributed by atoms with Gasteiger partial charge in [-0.05, 0) is 24.4 Å². The molecule has 0 bridgehead atoms. The van der Waals surface area contributed by atoms with Crippen molar-refractivity contribution < 1.29 is 18.3 Å². The standard InChI is InChI=1S/C10H11NO4S/c1-3-11-10(13)8-6-7(16(2,14)15)4-5-9(8)12/h3-6,12H,1H2,2H3,(H,11,13). The van der Waals surface area contributed by atoms with Gasteiger partial charge in [-0.2, -0.15) is 0 Å². The van der Waals surface area contributed by atoms with Gasteiger partial charge in [-0.25, -0.2) is 8.42 Å². The van der Waals surface area contributed by atoms with E-state index in [1.165, 1.54) is 6.07 Å². The number of rotatable bonds is 3. The number of phenolic OH excluding ortho intramolecular Hbond substituents is 1. The molecule has 0 fully saturated rings. The minimum Gasteiger partial charge on any atom is -0.507 e. The Morgan fingerprint density at radius 1 is 1.50 bits per heavy atom. The van der Waals surface area contributed by atoms with Gasteiger partial charge in [-0.1, -0.05) is 6.58 Å². The number of hydrogen-bond acceptors (Lipinski definition) is 4. The molecule has 0 unspecified atom stereocenters. The van der Waals surface area contributed by atoms with Crippen LogP contribution in [0.15, 0.2) is 35.9 Å². The summed E-state index contributed by atoms with van der Waals surface area (Å²) in [5.41, 5.74) is -0.108. The van der Waals surface area contributed by atoms with Gasteiger partial charge in [0, 0.05) is 6.26 Å². The van der Waals surface area contributed by atoms with Crippen LogP contribution in [0.3, 0.4) is 0 Å². The molecular weight excluding hydrogens is 230 g/mol. The molecule has 1 rings (SSSR count). The van der Waals surface area contributed by atoms with E-state index in [2.05, 4.69) is 11.9 Å². The summed E-state index contributed by atoms with van der Waals surface area (Å²) >= 11 is 0. The Balaban J connectivity index is 3.29. The number of hydrogen-bond donors (Lipinski definition) is 2. The van der Waals surface area contributed by atoms with E-state index in [-0.39, 0.29) is 16.2 Å². The molecule has 0 radical (unpaired) electrons. The molecule has 0 aliphatic carbocycles. The molecule has 16 heavy (non-hydrogen) atoms. The van der Waals surface area contributed by atoms with Crippen molar-refractivity contribution in [1.29, 1.82) is 0 Å². The Kier molecular flexibility index (Phi) is 3.34. The molecule has 86 valence electrons. The number of amides is 1. The lowest BCUT2D eigenvalue weighted by molar-refractivity contribution is 0.0967. The normalized spacial score (nSPS) is 10.8. The van der Waals surface area contributed by atoms with Gasteiger partial charge in [-0.15, -0.1) is 0 Å². The summed E-state index contributed by atoms with van der Waals surface area (Å²) in [6, 6.07) is 3.51. The molecule has 0 saturated carbocycles. The Morgan fingerprint density at radius 3 is 2.62 bits per heavy atom. The van der Waals surface area contributed by atoms with Crippen molar-refractivity contribution in [3.8, 4) is 5.75 Å². The summed E-state index contributed by atoms with van der Waals surface area (Å²) in [5.74, 6) is -0.898. The molecule has 6 heteroatoms. The summed E-state index contributed by atoms with van der Waals surface area (Å²) in [6.45, 7) is 3.30. The van der Waals surface area contributed by atoms with Gasteiger partial charge >= 0.3 is 0 Å². The maximum Gasteiger partial charge on any atom is 0.258 e. The van der Waals surface area contributed by atoms with Crippen molar-refractivity contribution in [3.05, 3.63) is 36.5 Å². The van der Waals surface area contributed by atoms with Gasteiger partial charge in [0.2, 0.25) is 0 Å². The molecule has 0 atom stereocenters. The molecule has 0 aliphatic rings. The fourth-order valence-electron chi connectivity index (χ4n) is 1.10. The SMILES string of the molecule is C=CNC(=O)c1cc(S(C)(=O)=O)ccc1O. The number of carbonyl (C=O) groups excluding carboxylic acids is 1. The first-order valence-corrected chi connectivity index (χ1v) is 6.20. The highest BCUT2D eigenvalue weighted by Gasteiger charge is 2.14. The van der Waals surface area contributed by atoms with Crippen LogP contribution in [0.5, 0.6) is 5.75 Å². The maximum atomic E-state index is 11.4. The van der Waals surface area contributed by atoms with Crippen molar-refractivity contribution in [1.82, 2.24) is 5.32 Å². The van der Waals surface area contributed by atoms with Gasteiger partial charge in [0.25, 0.3) is 5.91 Å². The fourth-order valence-corrected chi connectivity index (χ4v) is 1.75. The second kappa shape index (κ2) is 4.36.